The molecular weight excluding hydrogens is 290 g/mol. The number of halogens is 1. The minimum Gasteiger partial charge on any atom is -0.507 e. The van der Waals surface area contributed by atoms with Crippen LogP contribution in [0.25, 0.3) is 0 Å². The molecule has 104 valence electrons. The van der Waals surface area contributed by atoms with Crippen molar-refractivity contribution in [3.05, 3.63) is 28.8 Å². The molecular formula is C12H14ClNO4S. The van der Waals surface area contributed by atoms with Crippen LogP contribution in [0.3, 0.4) is 0 Å². The van der Waals surface area contributed by atoms with Gasteiger partial charge in [0.15, 0.2) is 9.84 Å². The van der Waals surface area contributed by atoms with Gasteiger partial charge in [0.05, 0.1) is 22.6 Å². The summed E-state index contributed by atoms with van der Waals surface area (Å²) in [7, 11) is -3.10. The maximum absolute atomic E-state index is 12.0. The van der Waals surface area contributed by atoms with Crippen LogP contribution >= 0.6 is 11.6 Å². The summed E-state index contributed by atoms with van der Waals surface area (Å²) in [5.74, 6) is -0.751. The van der Waals surface area contributed by atoms with E-state index >= 15 is 0 Å². The summed E-state index contributed by atoms with van der Waals surface area (Å²) in [6.45, 7) is 1.68. The smallest absolute Gasteiger partial charge is 0.255 e. The van der Waals surface area contributed by atoms with Crippen molar-refractivity contribution in [3.8, 4) is 5.75 Å². The van der Waals surface area contributed by atoms with E-state index in [4.69, 9.17) is 11.6 Å². The van der Waals surface area contributed by atoms with E-state index in [1.807, 2.05) is 0 Å². The molecule has 5 nitrogen and oxygen atoms in total. The molecule has 0 saturated carbocycles. The van der Waals surface area contributed by atoms with Crippen LogP contribution in [0.2, 0.25) is 5.02 Å². The predicted molar refractivity (Wildman–Crippen MR) is 72.3 cm³/mol. The number of aromatic hydroxyl groups is 1. The first-order valence-electron chi connectivity index (χ1n) is 5.72. The average Bonchev–Trinajstić information content (AvgIpc) is 2.52. The number of amides is 1. The second kappa shape index (κ2) is 4.68. The first kappa shape index (κ1) is 14.1. The van der Waals surface area contributed by atoms with Gasteiger partial charge in [-0.05, 0) is 31.5 Å². The summed E-state index contributed by atoms with van der Waals surface area (Å²) in [6.07, 6.45) is 0.370. The van der Waals surface area contributed by atoms with Crippen LogP contribution in [-0.2, 0) is 9.84 Å². The van der Waals surface area contributed by atoms with Crippen LogP contribution in [0.4, 0.5) is 0 Å². The van der Waals surface area contributed by atoms with E-state index in [1.54, 1.807) is 6.92 Å². The Morgan fingerprint density at radius 1 is 1.47 bits per heavy atom. The highest BCUT2D eigenvalue weighted by Gasteiger charge is 2.39. The Labute approximate surface area is 116 Å². The molecule has 0 radical (unpaired) electrons. The van der Waals surface area contributed by atoms with Gasteiger partial charge in [0.2, 0.25) is 0 Å². The number of phenolic OH excluding ortho intramolecular Hbond substituents is 1. The minimum absolute atomic E-state index is 0.0659. The third kappa shape index (κ3) is 3.19. The Morgan fingerprint density at radius 2 is 2.16 bits per heavy atom. The van der Waals surface area contributed by atoms with Crippen molar-refractivity contribution in [1.29, 1.82) is 0 Å². The first-order valence-corrected chi connectivity index (χ1v) is 7.92. The molecule has 7 heteroatoms. The number of hydrogen-bond acceptors (Lipinski definition) is 4. The van der Waals surface area contributed by atoms with Crippen LogP contribution in [0.5, 0.6) is 5.75 Å². The Hall–Kier alpha value is -1.27. The molecule has 1 fully saturated rings. The highest BCUT2D eigenvalue weighted by molar-refractivity contribution is 7.91. The third-order valence-corrected chi connectivity index (χ3v) is 5.26. The van der Waals surface area contributed by atoms with Crippen molar-refractivity contribution in [1.82, 2.24) is 5.32 Å². The Morgan fingerprint density at radius 3 is 2.68 bits per heavy atom. The monoisotopic (exact) mass is 303 g/mol. The zero-order chi connectivity index (χ0) is 14.3. The van der Waals surface area contributed by atoms with Gasteiger partial charge in [-0.2, -0.15) is 0 Å². The van der Waals surface area contributed by atoms with Crippen molar-refractivity contribution in [2.24, 2.45) is 0 Å². The number of sulfone groups is 1. The number of rotatable bonds is 2. The molecule has 19 heavy (non-hydrogen) atoms. The largest absolute Gasteiger partial charge is 0.507 e. The number of nitrogens with one attached hydrogen (secondary N) is 1. The molecule has 2 N–H and O–H groups in total. The molecule has 1 aromatic rings. The van der Waals surface area contributed by atoms with Crippen molar-refractivity contribution in [2.75, 3.05) is 11.5 Å². The molecule has 1 amide bonds. The topological polar surface area (TPSA) is 83.5 Å². The molecule has 0 bridgehead atoms. The highest BCUT2D eigenvalue weighted by atomic mass is 35.5. The van der Waals surface area contributed by atoms with E-state index in [2.05, 4.69) is 5.32 Å². The van der Waals surface area contributed by atoms with Crippen LogP contribution in [0, 0.1) is 0 Å². The molecule has 1 heterocycles. The Balaban J connectivity index is 2.18. The van der Waals surface area contributed by atoms with E-state index in [-0.39, 0.29) is 22.8 Å². The lowest BCUT2D eigenvalue weighted by Gasteiger charge is -2.24. The molecule has 1 aliphatic rings. The predicted octanol–water partition coefficient (Wildman–Crippen LogP) is 1.35. The highest BCUT2D eigenvalue weighted by Crippen LogP contribution is 2.26. The number of benzene rings is 1. The maximum Gasteiger partial charge on any atom is 0.255 e. The fraction of sp³-hybridized carbons (Fsp3) is 0.417. The van der Waals surface area contributed by atoms with Gasteiger partial charge < -0.3 is 10.4 Å². The second-order valence-corrected chi connectivity index (χ2v) is 7.64. The lowest BCUT2D eigenvalue weighted by molar-refractivity contribution is 0.0912. The van der Waals surface area contributed by atoms with Gasteiger partial charge in [-0.3, -0.25) is 4.79 Å². The zero-order valence-electron chi connectivity index (χ0n) is 10.3. The number of hydrogen-bond donors (Lipinski definition) is 2. The number of phenols is 1. The van der Waals surface area contributed by atoms with Gasteiger partial charge in [0.25, 0.3) is 5.91 Å². The summed E-state index contributed by atoms with van der Waals surface area (Å²) in [5, 5.41) is 12.6. The van der Waals surface area contributed by atoms with E-state index < -0.39 is 21.3 Å². The van der Waals surface area contributed by atoms with Gasteiger partial charge in [-0.25, -0.2) is 8.42 Å². The van der Waals surface area contributed by atoms with E-state index in [0.29, 0.717) is 11.4 Å². The molecule has 1 aliphatic heterocycles. The van der Waals surface area contributed by atoms with Gasteiger partial charge in [0.1, 0.15) is 5.75 Å². The lowest BCUT2D eigenvalue weighted by Crippen LogP contribution is -2.46. The summed E-state index contributed by atoms with van der Waals surface area (Å²) in [6, 6.07) is 4.16. The molecule has 0 spiro atoms. The van der Waals surface area contributed by atoms with E-state index in [1.165, 1.54) is 18.2 Å². The fourth-order valence-corrected chi connectivity index (χ4v) is 4.41. The van der Waals surface area contributed by atoms with Crippen LogP contribution < -0.4 is 5.32 Å². The molecule has 2 rings (SSSR count). The van der Waals surface area contributed by atoms with Crippen LogP contribution in [-0.4, -0.2) is 36.5 Å². The minimum atomic E-state index is -3.10. The molecule has 1 aromatic carbocycles. The standard InChI is InChI=1S/C12H14ClNO4S/c1-12(4-5-19(17,18)7-12)14-11(16)9-3-2-8(13)6-10(9)15/h2-3,6,15H,4-5,7H2,1H3,(H,14,16). The van der Waals surface area contributed by atoms with Crippen molar-refractivity contribution in [2.45, 2.75) is 18.9 Å². The van der Waals surface area contributed by atoms with Crippen molar-refractivity contribution >= 4 is 27.3 Å². The summed E-state index contributed by atoms with van der Waals surface area (Å²) in [4.78, 5) is 12.0. The number of carbonyl (C=O) groups excluding carboxylic acids is 1. The summed E-state index contributed by atoms with van der Waals surface area (Å²) in [5.41, 5.74) is -0.711. The quantitative estimate of drug-likeness (QED) is 0.864. The second-order valence-electron chi connectivity index (χ2n) is 5.02. The first-order chi connectivity index (χ1) is 8.71. The van der Waals surface area contributed by atoms with Gasteiger partial charge in [0, 0.05) is 5.02 Å². The van der Waals surface area contributed by atoms with E-state index in [9.17, 15) is 18.3 Å². The summed E-state index contributed by atoms with van der Waals surface area (Å²) >= 11 is 5.69. The Kier molecular flexibility index (Phi) is 3.49. The number of carbonyl (C=O) groups is 1. The van der Waals surface area contributed by atoms with Crippen LogP contribution in [0.15, 0.2) is 18.2 Å². The zero-order valence-corrected chi connectivity index (χ0v) is 11.9. The molecule has 0 aliphatic carbocycles. The van der Waals surface area contributed by atoms with Gasteiger partial charge in [-0.15, -0.1) is 0 Å². The average molecular weight is 304 g/mol. The Bertz CT molecular complexity index is 629. The van der Waals surface area contributed by atoms with E-state index in [0.717, 1.165) is 0 Å². The van der Waals surface area contributed by atoms with Crippen molar-refractivity contribution in [3.63, 3.8) is 0 Å². The van der Waals surface area contributed by atoms with Crippen molar-refractivity contribution < 1.29 is 18.3 Å². The third-order valence-electron chi connectivity index (χ3n) is 3.12. The SMILES string of the molecule is CC1(NC(=O)c2ccc(Cl)cc2O)CCS(=O)(=O)C1. The molecule has 0 aromatic heterocycles. The maximum atomic E-state index is 12.0. The van der Waals surface area contributed by atoms with Gasteiger partial charge >= 0.3 is 0 Å². The summed E-state index contributed by atoms with van der Waals surface area (Å²) < 4.78 is 22.9. The lowest BCUT2D eigenvalue weighted by atomic mass is 10.0. The normalized spacial score (nSPS) is 25.2. The van der Waals surface area contributed by atoms with Crippen LogP contribution in [0.1, 0.15) is 23.7 Å². The molecule has 1 atom stereocenters. The fourth-order valence-electron chi connectivity index (χ4n) is 2.15. The molecule has 1 saturated heterocycles. The van der Waals surface area contributed by atoms with Gasteiger partial charge in [-0.1, -0.05) is 11.6 Å². The molecule has 1 unspecified atom stereocenters.